The molecule has 1 aliphatic carbocycles. The van der Waals surface area contributed by atoms with Crippen LogP contribution in [0.4, 0.5) is 13.2 Å². The van der Waals surface area contributed by atoms with E-state index in [0.29, 0.717) is 35.8 Å². The lowest BCUT2D eigenvalue weighted by Gasteiger charge is -2.10. The van der Waals surface area contributed by atoms with E-state index in [1.54, 1.807) is 6.92 Å². The van der Waals surface area contributed by atoms with Gasteiger partial charge in [-0.15, -0.1) is 0 Å². The third-order valence-electron chi connectivity index (χ3n) is 5.69. The number of oxazole rings is 1. The second-order valence-electron chi connectivity index (χ2n) is 7.90. The van der Waals surface area contributed by atoms with Crippen LogP contribution in [0.1, 0.15) is 46.9 Å². The Bertz CT molecular complexity index is 1120. The molecule has 0 aliphatic heterocycles. The first-order valence-electron chi connectivity index (χ1n) is 10.3. The van der Waals surface area contributed by atoms with Crippen molar-refractivity contribution >= 4 is 5.97 Å². The van der Waals surface area contributed by atoms with Gasteiger partial charge in [-0.1, -0.05) is 6.07 Å². The number of ether oxygens (including phenoxy) is 1. The number of halogens is 3. The Balaban J connectivity index is 1.37. The first-order chi connectivity index (χ1) is 15.2. The molecule has 3 aromatic rings. The molecule has 4 rings (SSSR count). The molecule has 168 valence electrons. The smallest absolute Gasteiger partial charge is 0.416 e. The van der Waals surface area contributed by atoms with E-state index in [1.165, 1.54) is 12.1 Å². The minimum atomic E-state index is -4.39. The topological polar surface area (TPSA) is 72.6 Å². The monoisotopic (exact) mass is 445 g/mol. The summed E-state index contributed by atoms with van der Waals surface area (Å²) in [6.45, 7) is 2.13. The van der Waals surface area contributed by atoms with E-state index in [2.05, 4.69) is 4.98 Å². The third-order valence-corrected chi connectivity index (χ3v) is 5.69. The number of fused-ring (bicyclic) bond motifs is 1. The van der Waals surface area contributed by atoms with Gasteiger partial charge in [0.1, 0.15) is 11.5 Å². The minimum absolute atomic E-state index is 0.0528. The molecule has 1 aromatic heterocycles. The van der Waals surface area contributed by atoms with Gasteiger partial charge in [0.05, 0.1) is 24.3 Å². The molecule has 0 amide bonds. The van der Waals surface area contributed by atoms with Gasteiger partial charge in [-0.05, 0) is 73.2 Å². The average Bonchev–Trinajstić information content (AvgIpc) is 3.30. The largest absolute Gasteiger partial charge is 0.493 e. The van der Waals surface area contributed by atoms with Crippen LogP contribution in [-0.2, 0) is 23.8 Å². The van der Waals surface area contributed by atoms with E-state index in [0.717, 1.165) is 36.1 Å². The van der Waals surface area contributed by atoms with E-state index in [9.17, 15) is 18.0 Å². The molecule has 0 bridgehead atoms. The van der Waals surface area contributed by atoms with Crippen molar-refractivity contribution in [2.24, 2.45) is 0 Å². The van der Waals surface area contributed by atoms with Gasteiger partial charge in [0, 0.05) is 12.0 Å². The summed E-state index contributed by atoms with van der Waals surface area (Å²) in [7, 11) is 0. The molecule has 0 saturated heterocycles. The Morgan fingerprint density at radius 1 is 1.22 bits per heavy atom. The molecule has 2 aromatic carbocycles. The summed E-state index contributed by atoms with van der Waals surface area (Å²) in [5, 5.41) is 9.04. The molecule has 5 nitrogen and oxygen atoms in total. The van der Waals surface area contributed by atoms with Crippen LogP contribution in [0.15, 0.2) is 46.9 Å². The van der Waals surface area contributed by atoms with Gasteiger partial charge >= 0.3 is 12.1 Å². The number of aliphatic carboxylic acids is 1. The lowest BCUT2D eigenvalue weighted by atomic mass is 9.98. The van der Waals surface area contributed by atoms with Gasteiger partial charge in [0.25, 0.3) is 0 Å². The van der Waals surface area contributed by atoms with Crippen LogP contribution in [-0.4, -0.2) is 22.7 Å². The van der Waals surface area contributed by atoms with Crippen molar-refractivity contribution in [3.05, 3.63) is 70.6 Å². The maximum atomic E-state index is 12.7. The number of nitrogens with zero attached hydrogens (tertiary/aromatic N) is 1. The molecular weight excluding hydrogens is 423 g/mol. The van der Waals surface area contributed by atoms with Gasteiger partial charge < -0.3 is 14.3 Å². The second kappa shape index (κ2) is 8.68. The van der Waals surface area contributed by atoms with E-state index >= 15 is 0 Å². The summed E-state index contributed by atoms with van der Waals surface area (Å²) in [6.07, 6.45) is -2.13. The number of carboxylic acids is 1. The molecule has 32 heavy (non-hydrogen) atoms. The SMILES string of the molecule is Cc1nc(-c2ccc(C(F)(F)F)cc2)oc1CCOc1ccc2c(c1)CC[C@H]2CC(=O)O. The Hall–Kier alpha value is -3.29. The molecule has 0 saturated carbocycles. The van der Waals surface area contributed by atoms with Crippen molar-refractivity contribution in [2.75, 3.05) is 6.61 Å². The molecule has 0 fully saturated rings. The fraction of sp³-hybridized carbons (Fsp3) is 0.333. The average molecular weight is 445 g/mol. The first-order valence-corrected chi connectivity index (χ1v) is 10.3. The minimum Gasteiger partial charge on any atom is -0.493 e. The number of hydrogen-bond donors (Lipinski definition) is 1. The lowest BCUT2D eigenvalue weighted by molar-refractivity contribution is -0.138. The molecule has 0 radical (unpaired) electrons. The van der Waals surface area contributed by atoms with Crippen molar-refractivity contribution in [3.63, 3.8) is 0 Å². The summed E-state index contributed by atoms with van der Waals surface area (Å²) in [5.74, 6) is 0.856. The van der Waals surface area contributed by atoms with Crippen LogP contribution in [0.5, 0.6) is 5.75 Å². The molecule has 1 N–H and O–H groups in total. The van der Waals surface area contributed by atoms with Crippen LogP contribution in [0.2, 0.25) is 0 Å². The third kappa shape index (κ3) is 4.79. The van der Waals surface area contributed by atoms with Gasteiger partial charge in [0.15, 0.2) is 0 Å². The Labute approximate surface area is 182 Å². The van der Waals surface area contributed by atoms with Crippen LogP contribution < -0.4 is 4.74 Å². The molecule has 1 aliphatic rings. The number of aromatic nitrogens is 1. The molecule has 0 unspecified atom stereocenters. The maximum absolute atomic E-state index is 12.7. The fourth-order valence-corrected chi connectivity index (χ4v) is 4.04. The van der Waals surface area contributed by atoms with E-state index in [1.807, 2.05) is 18.2 Å². The number of hydrogen-bond acceptors (Lipinski definition) is 4. The zero-order valence-electron chi connectivity index (χ0n) is 17.4. The number of carboxylic acid groups (broad SMARTS) is 1. The number of rotatable bonds is 7. The number of benzene rings is 2. The molecule has 8 heteroatoms. The summed E-state index contributed by atoms with van der Waals surface area (Å²) in [6, 6.07) is 10.4. The normalized spacial score (nSPS) is 15.6. The number of aryl methyl sites for hydroxylation is 2. The quantitative estimate of drug-likeness (QED) is 0.498. The van der Waals surface area contributed by atoms with E-state index in [-0.39, 0.29) is 18.2 Å². The summed E-state index contributed by atoms with van der Waals surface area (Å²) in [4.78, 5) is 15.3. The fourth-order valence-electron chi connectivity index (χ4n) is 4.04. The van der Waals surface area contributed by atoms with Crippen LogP contribution in [0.3, 0.4) is 0 Å². The molecule has 0 spiro atoms. The van der Waals surface area contributed by atoms with Crippen molar-refractivity contribution < 1.29 is 32.2 Å². The molecule has 1 atom stereocenters. The maximum Gasteiger partial charge on any atom is 0.416 e. The number of carbonyl (C=O) groups is 1. The van der Waals surface area contributed by atoms with Crippen LogP contribution in [0.25, 0.3) is 11.5 Å². The Morgan fingerprint density at radius 3 is 2.66 bits per heavy atom. The van der Waals surface area contributed by atoms with Crippen molar-refractivity contribution in [1.29, 1.82) is 0 Å². The van der Waals surface area contributed by atoms with Crippen molar-refractivity contribution in [1.82, 2.24) is 4.98 Å². The predicted octanol–water partition coefficient (Wildman–Crippen LogP) is 5.79. The number of alkyl halides is 3. The first kappa shape index (κ1) is 21.9. The predicted molar refractivity (Wildman–Crippen MR) is 111 cm³/mol. The highest BCUT2D eigenvalue weighted by Crippen LogP contribution is 2.37. The summed E-state index contributed by atoms with van der Waals surface area (Å²) < 4.78 is 49.8. The highest BCUT2D eigenvalue weighted by atomic mass is 19.4. The zero-order chi connectivity index (χ0) is 22.9. The van der Waals surface area contributed by atoms with Crippen LogP contribution in [0, 0.1) is 6.92 Å². The van der Waals surface area contributed by atoms with Gasteiger partial charge in [0.2, 0.25) is 5.89 Å². The lowest BCUT2D eigenvalue weighted by Crippen LogP contribution is -2.04. The van der Waals surface area contributed by atoms with Gasteiger partial charge in [-0.2, -0.15) is 13.2 Å². The van der Waals surface area contributed by atoms with Gasteiger partial charge in [-0.3, -0.25) is 4.79 Å². The van der Waals surface area contributed by atoms with Crippen molar-refractivity contribution in [3.8, 4) is 17.2 Å². The highest BCUT2D eigenvalue weighted by molar-refractivity contribution is 5.68. The Morgan fingerprint density at radius 2 is 1.97 bits per heavy atom. The standard InChI is InChI=1S/C24H22F3NO4/c1-14-21(32-23(28-14)15-4-6-18(7-5-15)24(25,26)27)10-11-31-19-8-9-20-16(12-19)2-3-17(20)13-22(29)30/h4-9,12,17H,2-3,10-11,13H2,1H3,(H,29,30)/t17-/m0/s1. The summed E-state index contributed by atoms with van der Waals surface area (Å²) >= 11 is 0. The van der Waals surface area contributed by atoms with Crippen LogP contribution >= 0.6 is 0 Å². The highest BCUT2D eigenvalue weighted by Gasteiger charge is 2.30. The Kier molecular flexibility index (Phi) is 5.95. The molecular formula is C24H22F3NO4. The zero-order valence-corrected chi connectivity index (χ0v) is 17.4. The summed E-state index contributed by atoms with van der Waals surface area (Å²) in [5.41, 5.74) is 2.61. The van der Waals surface area contributed by atoms with Crippen molar-refractivity contribution in [2.45, 2.75) is 44.7 Å². The molecule has 1 heterocycles. The van der Waals surface area contributed by atoms with E-state index < -0.39 is 17.7 Å². The van der Waals surface area contributed by atoms with Gasteiger partial charge in [-0.25, -0.2) is 4.98 Å². The van der Waals surface area contributed by atoms with E-state index in [4.69, 9.17) is 14.3 Å². The second-order valence-corrected chi connectivity index (χ2v) is 7.90.